The van der Waals surface area contributed by atoms with Crippen LogP contribution in [0.4, 0.5) is 0 Å². The van der Waals surface area contributed by atoms with Gasteiger partial charge in [-0.05, 0) is 42.2 Å². The van der Waals surface area contributed by atoms with E-state index in [1.54, 1.807) is 6.07 Å². The number of fused-ring (bicyclic) bond motifs is 1. The standard InChI is InChI=1S/C15H19NO3S2/c1-9(2)15(17)14-7-11-6-12(4-5-13(11)19-14)18-10(3)8-16-21-20/h4-7,9-10,16,20H,8H2,1-3H3/t10-/m0/s1. The summed E-state index contributed by atoms with van der Waals surface area (Å²) in [5.41, 5.74) is 0.697. The fourth-order valence-electron chi connectivity index (χ4n) is 1.93. The first-order chi connectivity index (χ1) is 10.0. The third kappa shape index (κ3) is 4.18. The Labute approximate surface area is 133 Å². The molecule has 0 radical (unpaired) electrons. The maximum atomic E-state index is 12.0. The second-order valence-electron chi connectivity index (χ2n) is 5.20. The Bertz CT molecular complexity index is 624. The molecule has 0 aliphatic carbocycles. The molecule has 0 aliphatic heterocycles. The summed E-state index contributed by atoms with van der Waals surface area (Å²) in [6, 6.07) is 7.34. The molecule has 0 amide bonds. The van der Waals surface area contributed by atoms with E-state index in [1.165, 1.54) is 11.0 Å². The Morgan fingerprint density at radius 2 is 2.14 bits per heavy atom. The van der Waals surface area contributed by atoms with Gasteiger partial charge in [-0.1, -0.05) is 25.5 Å². The Morgan fingerprint density at radius 1 is 1.38 bits per heavy atom. The molecule has 6 heteroatoms. The van der Waals surface area contributed by atoms with Crippen molar-refractivity contribution in [3.05, 3.63) is 30.0 Å². The number of ether oxygens (including phenoxy) is 1. The van der Waals surface area contributed by atoms with Crippen molar-refractivity contribution in [2.45, 2.75) is 26.9 Å². The highest BCUT2D eigenvalue weighted by molar-refractivity contribution is 8.67. The lowest BCUT2D eigenvalue weighted by atomic mass is 10.1. The molecule has 21 heavy (non-hydrogen) atoms. The molecule has 0 saturated carbocycles. The van der Waals surface area contributed by atoms with Crippen molar-refractivity contribution in [2.75, 3.05) is 6.54 Å². The van der Waals surface area contributed by atoms with Crippen molar-refractivity contribution in [1.82, 2.24) is 4.72 Å². The number of hydrogen-bond acceptors (Lipinski definition) is 6. The van der Waals surface area contributed by atoms with Gasteiger partial charge in [-0.3, -0.25) is 9.52 Å². The summed E-state index contributed by atoms with van der Waals surface area (Å²) in [5.74, 6) is 1.09. The van der Waals surface area contributed by atoms with E-state index < -0.39 is 0 Å². The lowest BCUT2D eigenvalue weighted by molar-refractivity contribution is 0.0913. The minimum Gasteiger partial charge on any atom is -0.489 e. The highest BCUT2D eigenvalue weighted by atomic mass is 33.1. The van der Waals surface area contributed by atoms with Gasteiger partial charge < -0.3 is 9.15 Å². The monoisotopic (exact) mass is 325 g/mol. The molecule has 0 bridgehead atoms. The first-order valence-electron chi connectivity index (χ1n) is 6.79. The van der Waals surface area contributed by atoms with Gasteiger partial charge in [0.1, 0.15) is 17.4 Å². The number of rotatable bonds is 7. The second-order valence-corrected chi connectivity index (χ2v) is 6.22. The van der Waals surface area contributed by atoms with Gasteiger partial charge in [0, 0.05) is 17.8 Å². The number of nitrogens with one attached hydrogen (secondary N) is 1. The number of thiol groups is 1. The maximum Gasteiger partial charge on any atom is 0.200 e. The Morgan fingerprint density at radius 3 is 2.81 bits per heavy atom. The van der Waals surface area contributed by atoms with Crippen LogP contribution in [-0.2, 0) is 0 Å². The number of Topliss-reactive ketones (excluding diaryl/α,β-unsaturated/α-hetero) is 1. The first-order valence-corrected chi connectivity index (χ1v) is 8.66. The molecule has 2 rings (SSSR count). The van der Waals surface area contributed by atoms with Crippen LogP contribution >= 0.6 is 22.6 Å². The van der Waals surface area contributed by atoms with Gasteiger partial charge in [0.25, 0.3) is 0 Å². The highest BCUT2D eigenvalue weighted by Crippen LogP contribution is 2.26. The predicted molar refractivity (Wildman–Crippen MR) is 90.1 cm³/mol. The molecule has 2 aromatic rings. The molecular weight excluding hydrogens is 306 g/mol. The van der Waals surface area contributed by atoms with Crippen LogP contribution in [0.2, 0.25) is 0 Å². The van der Waals surface area contributed by atoms with E-state index in [9.17, 15) is 4.79 Å². The summed E-state index contributed by atoms with van der Waals surface area (Å²) < 4.78 is 14.4. The summed E-state index contributed by atoms with van der Waals surface area (Å²) in [5, 5.41) is 0.875. The number of hydrogen-bond donors (Lipinski definition) is 2. The number of carbonyl (C=O) groups excluding carboxylic acids is 1. The van der Waals surface area contributed by atoms with Gasteiger partial charge in [0.05, 0.1) is 0 Å². The molecular formula is C15H19NO3S2. The van der Waals surface area contributed by atoms with Crippen LogP contribution in [0.25, 0.3) is 11.0 Å². The average Bonchev–Trinajstić information content (AvgIpc) is 2.87. The molecule has 1 aromatic carbocycles. The lowest BCUT2D eigenvalue weighted by Gasteiger charge is -2.14. The zero-order chi connectivity index (χ0) is 15.4. The SMILES string of the molecule is CC(C)C(=O)c1cc2cc(O[C@@H](C)CNSS)ccc2o1. The predicted octanol–water partition coefficient (Wildman–Crippen LogP) is 4.12. The van der Waals surface area contributed by atoms with Gasteiger partial charge >= 0.3 is 0 Å². The van der Waals surface area contributed by atoms with Crippen LogP contribution in [-0.4, -0.2) is 18.4 Å². The van der Waals surface area contributed by atoms with Crippen LogP contribution < -0.4 is 9.46 Å². The molecule has 114 valence electrons. The minimum absolute atomic E-state index is 0.0111. The lowest BCUT2D eigenvalue weighted by Crippen LogP contribution is -2.24. The topological polar surface area (TPSA) is 51.5 Å². The van der Waals surface area contributed by atoms with Crippen molar-refractivity contribution in [3.63, 3.8) is 0 Å². The van der Waals surface area contributed by atoms with E-state index in [4.69, 9.17) is 9.15 Å². The van der Waals surface area contributed by atoms with Gasteiger partial charge in [-0.2, -0.15) is 0 Å². The van der Waals surface area contributed by atoms with Crippen LogP contribution in [0.1, 0.15) is 31.3 Å². The summed E-state index contributed by atoms with van der Waals surface area (Å²) in [6.07, 6.45) is 0.0192. The largest absolute Gasteiger partial charge is 0.489 e. The van der Waals surface area contributed by atoms with Gasteiger partial charge in [0.2, 0.25) is 5.78 Å². The van der Waals surface area contributed by atoms with Gasteiger partial charge in [-0.15, -0.1) is 0 Å². The number of carbonyl (C=O) groups is 1. The van der Waals surface area contributed by atoms with Gasteiger partial charge in [0.15, 0.2) is 5.76 Å². The fraction of sp³-hybridized carbons (Fsp3) is 0.400. The van der Waals surface area contributed by atoms with Crippen LogP contribution in [0.5, 0.6) is 5.75 Å². The molecule has 1 heterocycles. The third-order valence-corrected chi connectivity index (χ3v) is 3.71. The molecule has 0 saturated heterocycles. The third-order valence-electron chi connectivity index (χ3n) is 3.03. The Balaban J connectivity index is 2.16. The van der Waals surface area contributed by atoms with E-state index in [0.29, 0.717) is 17.9 Å². The molecule has 1 N–H and O–H groups in total. The van der Waals surface area contributed by atoms with E-state index in [0.717, 1.165) is 11.1 Å². The van der Waals surface area contributed by atoms with Gasteiger partial charge in [-0.25, -0.2) is 0 Å². The van der Waals surface area contributed by atoms with E-state index in [-0.39, 0.29) is 17.8 Å². The van der Waals surface area contributed by atoms with Crippen molar-refractivity contribution in [2.24, 2.45) is 5.92 Å². The molecule has 0 fully saturated rings. The number of furan rings is 1. The molecule has 0 unspecified atom stereocenters. The zero-order valence-electron chi connectivity index (χ0n) is 12.3. The summed E-state index contributed by atoms with van der Waals surface area (Å²) in [4.78, 5) is 12.0. The quantitative estimate of drug-likeness (QED) is 0.347. The Kier molecular flexibility index (Phi) is 5.61. The molecule has 1 aromatic heterocycles. The summed E-state index contributed by atoms with van der Waals surface area (Å²) in [6.45, 7) is 6.38. The van der Waals surface area contributed by atoms with Crippen molar-refractivity contribution >= 4 is 39.4 Å². The van der Waals surface area contributed by atoms with Crippen molar-refractivity contribution < 1.29 is 13.9 Å². The summed E-state index contributed by atoms with van der Waals surface area (Å²) >= 11 is 4.01. The average molecular weight is 325 g/mol. The molecule has 0 aliphatic rings. The van der Waals surface area contributed by atoms with E-state index in [2.05, 4.69) is 16.4 Å². The summed E-state index contributed by atoms with van der Waals surface area (Å²) in [7, 11) is 1.26. The first kappa shape index (κ1) is 16.3. The van der Waals surface area contributed by atoms with Crippen LogP contribution in [0.15, 0.2) is 28.7 Å². The molecule has 4 nitrogen and oxygen atoms in total. The number of benzene rings is 1. The fourth-order valence-corrected chi connectivity index (χ4v) is 2.46. The highest BCUT2D eigenvalue weighted by Gasteiger charge is 2.16. The van der Waals surface area contributed by atoms with Crippen molar-refractivity contribution in [3.8, 4) is 5.75 Å². The van der Waals surface area contributed by atoms with E-state index in [1.807, 2.05) is 39.0 Å². The smallest absolute Gasteiger partial charge is 0.200 e. The van der Waals surface area contributed by atoms with Crippen molar-refractivity contribution in [1.29, 1.82) is 0 Å². The molecule has 1 atom stereocenters. The normalized spacial score (nSPS) is 12.8. The Hall–Kier alpha value is -1.11. The van der Waals surface area contributed by atoms with E-state index >= 15 is 0 Å². The minimum atomic E-state index is -0.0777. The second kappa shape index (κ2) is 7.24. The maximum absolute atomic E-state index is 12.0. The molecule has 0 spiro atoms. The zero-order valence-corrected chi connectivity index (χ0v) is 14.0. The number of ketones is 1. The van der Waals surface area contributed by atoms with Crippen LogP contribution in [0.3, 0.4) is 0 Å². The van der Waals surface area contributed by atoms with Crippen LogP contribution in [0, 0.1) is 5.92 Å².